The van der Waals surface area contributed by atoms with Gasteiger partial charge in [0.05, 0.1) is 24.3 Å². The Bertz CT molecular complexity index is 1070. The Morgan fingerprint density at radius 1 is 1.03 bits per heavy atom. The van der Waals surface area contributed by atoms with Crippen molar-refractivity contribution in [2.45, 2.75) is 6.92 Å². The van der Waals surface area contributed by atoms with Crippen molar-refractivity contribution >= 4 is 22.8 Å². The number of ether oxygens (including phenoxy) is 1. The molecule has 5 rings (SSSR count). The molecule has 0 aliphatic carbocycles. The van der Waals surface area contributed by atoms with Gasteiger partial charge >= 0.3 is 0 Å². The molecule has 2 aromatic carbocycles. The monoisotopic (exact) mass is 388 g/mol. The van der Waals surface area contributed by atoms with Crippen molar-refractivity contribution in [2.24, 2.45) is 11.8 Å². The van der Waals surface area contributed by atoms with Crippen molar-refractivity contribution in [3.63, 3.8) is 0 Å². The molecule has 0 bridgehead atoms. The third-order valence-corrected chi connectivity index (χ3v) is 6.20. The molecule has 1 aromatic heterocycles. The SMILES string of the molecule is COc1ccc(C(=O)N2CC3CN(c4cnc5ccccc5n4)CC3C2)c(C)c1. The maximum Gasteiger partial charge on any atom is 0.254 e. The molecule has 0 spiro atoms. The van der Waals surface area contributed by atoms with Crippen molar-refractivity contribution in [1.82, 2.24) is 14.9 Å². The van der Waals surface area contributed by atoms with E-state index in [0.717, 1.165) is 59.9 Å². The number of nitrogens with zero attached hydrogens (tertiary/aromatic N) is 4. The minimum atomic E-state index is 0.122. The highest BCUT2D eigenvalue weighted by molar-refractivity contribution is 5.96. The van der Waals surface area contributed by atoms with Crippen LogP contribution in [0.4, 0.5) is 5.82 Å². The molecular weight excluding hydrogens is 364 g/mol. The van der Waals surface area contributed by atoms with Gasteiger partial charge in [-0.1, -0.05) is 12.1 Å². The molecule has 3 aromatic rings. The van der Waals surface area contributed by atoms with Gasteiger partial charge in [-0.25, -0.2) is 4.98 Å². The Labute approximate surface area is 170 Å². The highest BCUT2D eigenvalue weighted by atomic mass is 16.5. The predicted octanol–water partition coefficient (Wildman–Crippen LogP) is 3.16. The van der Waals surface area contributed by atoms with Gasteiger partial charge in [0.25, 0.3) is 5.91 Å². The second-order valence-corrected chi connectivity index (χ2v) is 8.03. The summed E-state index contributed by atoms with van der Waals surface area (Å²) in [5, 5.41) is 0. The van der Waals surface area contributed by atoms with Gasteiger partial charge in [0.1, 0.15) is 11.6 Å². The van der Waals surface area contributed by atoms with E-state index in [2.05, 4.69) is 9.88 Å². The van der Waals surface area contributed by atoms with Gasteiger partial charge in [0.15, 0.2) is 0 Å². The number of hydrogen-bond donors (Lipinski definition) is 0. The predicted molar refractivity (Wildman–Crippen MR) is 112 cm³/mol. The number of rotatable bonds is 3. The molecule has 2 aliphatic rings. The first kappa shape index (κ1) is 17.9. The van der Waals surface area contributed by atoms with Crippen LogP contribution < -0.4 is 9.64 Å². The zero-order valence-corrected chi connectivity index (χ0v) is 16.7. The molecule has 2 atom stereocenters. The van der Waals surface area contributed by atoms with E-state index in [4.69, 9.17) is 9.72 Å². The molecule has 3 heterocycles. The largest absolute Gasteiger partial charge is 0.497 e. The second-order valence-electron chi connectivity index (χ2n) is 8.03. The van der Waals surface area contributed by atoms with Gasteiger partial charge in [0, 0.05) is 43.6 Å². The van der Waals surface area contributed by atoms with E-state index in [0.29, 0.717) is 11.8 Å². The number of fused-ring (bicyclic) bond motifs is 2. The van der Waals surface area contributed by atoms with Crippen LogP contribution in [0.3, 0.4) is 0 Å². The molecule has 2 fully saturated rings. The number of amides is 1. The molecule has 2 unspecified atom stereocenters. The molecule has 0 radical (unpaired) electrons. The summed E-state index contributed by atoms with van der Waals surface area (Å²) < 4.78 is 5.26. The van der Waals surface area contributed by atoms with Gasteiger partial charge < -0.3 is 14.5 Å². The van der Waals surface area contributed by atoms with Crippen LogP contribution in [0.25, 0.3) is 11.0 Å². The number of anilines is 1. The lowest BCUT2D eigenvalue weighted by Crippen LogP contribution is -2.33. The Hall–Kier alpha value is -3.15. The summed E-state index contributed by atoms with van der Waals surface area (Å²) in [6.07, 6.45) is 1.87. The maximum absolute atomic E-state index is 13.0. The Morgan fingerprint density at radius 2 is 1.76 bits per heavy atom. The van der Waals surface area contributed by atoms with Gasteiger partial charge in [0.2, 0.25) is 0 Å². The number of aromatic nitrogens is 2. The normalized spacial score (nSPS) is 20.9. The summed E-state index contributed by atoms with van der Waals surface area (Å²) >= 11 is 0. The van der Waals surface area contributed by atoms with Crippen molar-refractivity contribution < 1.29 is 9.53 Å². The van der Waals surface area contributed by atoms with Crippen molar-refractivity contribution in [3.05, 3.63) is 59.8 Å². The van der Waals surface area contributed by atoms with Crippen molar-refractivity contribution in [1.29, 1.82) is 0 Å². The Morgan fingerprint density at radius 3 is 2.45 bits per heavy atom. The van der Waals surface area contributed by atoms with Crippen LogP contribution in [-0.4, -0.2) is 54.1 Å². The minimum Gasteiger partial charge on any atom is -0.497 e. The second kappa shape index (κ2) is 7.03. The first-order chi connectivity index (χ1) is 14.1. The van der Waals surface area contributed by atoms with E-state index >= 15 is 0 Å². The Kier molecular flexibility index (Phi) is 4.34. The molecule has 0 saturated carbocycles. The van der Waals surface area contributed by atoms with Crippen LogP contribution in [0.5, 0.6) is 5.75 Å². The summed E-state index contributed by atoms with van der Waals surface area (Å²) in [6, 6.07) is 13.6. The first-order valence-electron chi connectivity index (χ1n) is 10.0. The molecule has 2 aliphatic heterocycles. The lowest BCUT2D eigenvalue weighted by atomic mass is 10.0. The molecule has 6 heteroatoms. The lowest BCUT2D eigenvalue weighted by molar-refractivity contribution is 0.0782. The van der Waals surface area contributed by atoms with Crippen molar-refractivity contribution in [3.8, 4) is 5.75 Å². The summed E-state index contributed by atoms with van der Waals surface area (Å²) in [5.41, 5.74) is 3.57. The van der Waals surface area contributed by atoms with Gasteiger partial charge in [-0.05, 0) is 42.8 Å². The minimum absolute atomic E-state index is 0.122. The number of methoxy groups -OCH3 is 1. The van der Waals surface area contributed by atoms with Crippen LogP contribution >= 0.6 is 0 Å². The Balaban J connectivity index is 1.28. The number of aryl methyl sites for hydroxylation is 1. The van der Waals surface area contributed by atoms with E-state index < -0.39 is 0 Å². The van der Waals surface area contributed by atoms with Gasteiger partial charge in [-0.2, -0.15) is 0 Å². The average molecular weight is 388 g/mol. The average Bonchev–Trinajstić information content (AvgIpc) is 3.32. The van der Waals surface area contributed by atoms with E-state index in [-0.39, 0.29) is 5.91 Å². The zero-order chi connectivity index (χ0) is 20.0. The molecule has 2 saturated heterocycles. The lowest BCUT2D eigenvalue weighted by Gasteiger charge is -2.23. The summed E-state index contributed by atoms with van der Waals surface area (Å²) in [7, 11) is 1.64. The third kappa shape index (κ3) is 3.18. The number of carbonyl (C=O) groups is 1. The molecule has 29 heavy (non-hydrogen) atoms. The van der Waals surface area contributed by atoms with E-state index in [9.17, 15) is 4.79 Å². The maximum atomic E-state index is 13.0. The fourth-order valence-corrected chi connectivity index (χ4v) is 4.62. The van der Waals surface area contributed by atoms with Crippen molar-refractivity contribution in [2.75, 3.05) is 38.2 Å². The highest BCUT2D eigenvalue weighted by Gasteiger charge is 2.42. The van der Waals surface area contributed by atoms with Crippen LogP contribution in [-0.2, 0) is 0 Å². The number of likely N-dealkylation sites (tertiary alicyclic amines) is 1. The van der Waals surface area contributed by atoms with Crippen LogP contribution in [0.1, 0.15) is 15.9 Å². The van der Waals surface area contributed by atoms with Gasteiger partial charge in [-0.15, -0.1) is 0 Å². The molecule has 6 nitrogen and oxygen atoms in total. The highest BCUT2D eigenvalue weighted by Crippen LogP contribution is 2.34. The van der Waals surface area contributed by atoms with E-state index in [1.807, 2.05) is 60.5 Å². The van der Waals surface area contributed by atoms with E-state index in [1.54, 1.807) is 7.11 Å². The topological polar surface area (TPSA) is 58.6 Å². The summed E-state index contributed by atoms with van der Waals surface area (Å²) in [5.74, 6) is 2.79. The standard InChI is InChI=1S/C23H24N4O2/c1-15-9-18(29-2)7-8-19(15)23(28)27-13-16-11-26(12-17(16)14-27)22-10-24-20-5-3-4-6-21(20)25-22/h3-10,16-17H,11-14H2,1-2H3. The van der Waals surface area contributed by atoms with Gasteiger partial charge in [-0.3, -0.25) is 9.78 Å². The fraction of sp³-hybridized carbons (Fsp3) is 0.348. The summed E-state index contributed by atoms with van der Waals surface area (Å²) in [4.78, 5) is 26.7. The number of carbonyl (C=O) groups excluding carboxylic acids is 1. The molecule has 148 valence electrons. The van der Waals surface area contributed by atoms with Crippen LogP contribution in [0.2, 0.25) is 0 Å². The smallest absolute Gasteiger partial charge is 0.254 e. The summed E-state index contributed by atoms with van der Waals surface area (Å²) in [6.45, 7) is 5.40. The third-order valence-electron chi connectivity index (χ3n) is 6.20. The van der Waals surface area contributed by atoms with Crippen LogP contribution in [0, 0.1) is 18.8 Å². The molecule has 1 amide bonds. The molecular formula is C23H24N4O2. The number of para-hydroxylation sites is 2. The quantitative estimate of drug-likeness (QED) is 0.690. The number of hydrogen-bond acceptors (Lipinski definition) is 5. The van der Waals surface area contributed by atoms with E-state index in [1.165, 1.54) is 0 Å². The molecule has 0 N–H and O–H groups in total. The number of benzene rings is 2. The first-order valence-corrected chi connectivity index (χ1v) is 10.0. The fourth-order valence-electron chi connectivity index (χ4n) is 4.62. The van der Waals surface area contributed by atoms with Crippen LogP contribution in [0.15, 0.2) is 48.7 Å². The zero-order valence-electron chi connectivity index (χ0n) is 16.7.